The van der Waals surface area contributed by atoms with E-state index in [0.29, 0.717) is 12.0 Å². The molecule has 0 saturated heterocycles. The minimum absolute atomic E-state index is 0.0345. The second kappa shape index (κ2) is 7.16. The van der Waals surface area contributed by atoms with Crippen LogP contribution in [0.5, 0.6) is 0 Å². The molecule has 0 atom stereocenters. The third kappa shape index (κ3) is 6.84. The Morgan fingerprint density at radius 2 is 2.00 bits per heavy atom. The molecule has 0 heterocycles. The van der Waals surface area contributed by atoms with Crippen molar-refractivity contribution in [3.63, 3.8) is 0 Å². The van der Waals surface area contributed by atoms with Crippen molar-refractivity contribution >= 4 is 11.9 Å². The van der Waals surface area contributed by atoms with Crippen LogP contribution in [0.3, 0.4) is 0 Å². The van der Waals surface area contributed by atoms with E-state index in [-0.39, 0.29) is 12.5 Å². The van der Waals surface area contributed by atoms with Gasteiger partial charge < -0.3 is 15.4 Å². The van der Waals surface area contributed by atoms with E-state index in [1.807, 2.05) is 27.7 Å². The predicted molar refractivity (Wildman–Crippen MR) is 77.1 cm³/mol. The lowest BCUT2D eigenvalue weighted by Crippen LogP contribution is -2.43. The number of nitrogens with one attached hydrogen (secondary N) is 2. The quantitative estimate of drug-likeness (QED) is 0.351. The molecule has 1 rings (SSSR count). The van der Waals surface area contributed by atoms with Crippen LogP contribution in [-0.4, -0.2) is 36.7 Å². The fourth-order valence-corrected chi connectivity index (χ4v) is 1.77. The summed E-state index contributed by atoms with van der Waals surface area (Å²) in [5.74, 6) is 0.358. The Morgan fingerprint density at radius 3 is 2.53 bits per heavy atom. The molecule has 1 aliphatic rings. The summed E-state index contributed by atoms with van der Waals surface area (Å²) < 4.78 is 5.22. The van der Waals surface area contributed by atoms with Crippen LogP contribution in [-0.2, 0) is 9.53 Å². The largest absolute Gasteiger partial charge is 0.459 e. The third-order valence-corrected chi connectivity index (χ3v) is 2.48. The van der Waals surface area contributed by atoms with E-state index in [9.17, 15) is 4.79 Å². The lowest BCUT2D eigenvalue weighted by Gasteiger charge is -2.19. The van der Waals surface area contributed by atoms with Crippen LogP contribution < -0.4 is 10.6 Å². The van der Waals surface area contributed by atoms with Crippen LogP contribution in [0.1, 0.15) is 40.5 Å². The number of aliphatic imine (C=N–C) groups is 1. The molecule has 5 heteroatoms. The van der Waals surface area contributed by atoms with Crippen molar-refractivity contribution in [2.75, 3.05) is 13.1 Å². The average molecular weight is 267 g/mol. The third-order valence-electron chi connectivity index (χ3n) is 2.48. The van der Waals surface area contributed by atoms with Crippen LogP contribution in [0.4, 0.5) is 0 Å². The highest BCUT2D eigenvalue weighted by atomic mass is 16.6. The number of esters is 1. The Bertz CT molecular complexity index is 348. The van der Waals surface area contributed by atoms with Gasteiger partial charge in [-0.05, 0) is 40.5 Å². The smallest absolute Gasteiger partial charge is 0.328 e. The molecule has 0 aromatic heterocycles. The molecule has 0 spiro atoms. The van der Waals surface area contributed by atoms with Crippen LogP contribution in [0, 0.1) is 0 Å². The molecular formula is C14H25N3O2. The Labute approximate surface area is 115 Å². The van der Waals surface area contributed by atoms with Gasteiger partial charge in [0.2, 0.25) is 0 Å². The minimum Gasteiger partial charge on any atom is -0.459 e. The fraction of sp³-hybridized carbons (Fsp3) is 0.714. The zero-order chi connectivity index (χ0) is 14.3. The lowest BCUT2D eigenvalue weighted by atomic mass is 10.2. The summed E-state index contributed by atoms with van der Waals surface area (Å²) in [6, 6.07) is 0.372. The number of carbonyl (C=O) groups excluding carboxylic acids is 1. The van der Waals surface area contributed by atoms with Gasteiger partial charge in [-0.2, -0.15) is 0 Å². The van der Waals surface area contributed by atoms with Gasteiger partial charge in [-0.15, -0.1) is 0 Å². The number of rotatable bonds is 4. The SMILES string of the molecule is CCNC(=NCC(=O)OC(C)(C)C)NC1CC=CC1. The molecule has 0 unspecified atom stereocenters. The van der Waals surface area contributed by atoms with Crippen molar-refractivity contribution < 1.29 is 9.53 Å². The molecule has 0 amide bonds. The van der Waals surface area contributed by atoms with Crippen molar-refractivity contribution in [2.45, 2.75) is 52.2 Å². The van der Waals surface area contributed by atoms with Crippen molar-refractivity contribution in [1.29, 1.82) is 0 Å². The number of hydrogen-bond acceptors (Lipinski definition) is 3. The van der Waals surface area contributed by atoms with Crippen LogP contribution >= 0.6 is 0 Å². The van der Waals surface area contributed by atoms with Gasteiger partial charge in [0.1, 0.15) is 12.1 Å². The molecule has 2 N–H and O–H groups in total. The highest BCUT2D eigenvalue weighted by Crippen LogP contribution is 2.09. The summed E-state index contributed by atoms with van der Waals surface area (Å²) >= 11 is 0. The molecule has 0 aromatic rings. The Balaban J connectivity index is 2.45. The lowest BCUT2D eigenvalue weighted by molar-refractivity contribution is -0.152. The van der Waals surface area contributed by atoms with Crippen molar-refractivity contribution in [1.82, 2.24) is 10.6 Å². The highest BCUT2D eigenvalue weighted by Gasteiger charge is 2.16. The molecule has 0 fully saturated rings. The van der Waals surface area contributed by atoms with Gasteiger partial charge in [-0.3, -0.25) is 4.79 Å². The maximum Gasteiger partial charge on any atom is 0.328 e. The van der Waals surface area contributed by atoms with Gasteiger partial charge in [0.15, 0.2) is 5.96 Å². The Hall–Kier alpha value is -1.52. The highest BCUT2D eigenvalue weighted by molar-refractivity contribution is 5.83. The van der Waals surface area contributed by atoms with Gasteiger partial charge >= 0.3 is 5.97 Å². The molecular weight excluding hydrogens is 242 g/mol. The summed E-state index contributed by atoms with van der Waals surface area (Å²) in [5, 5.41) is 6.43. The van der Waals surface area contributed by atoms with Crippen LogP contribution in [0.25, 0.3) is 0 Å². The van der Waals surface area contributed by atoms with Gasteiger partial charge in [-0.1, -0.05) is 12.2 Å². The van der Waals surface area contributed by atoms with E-state index in [0.717, 1.165) is 19.4 Å². The first-order chi connectivity index (χ1) is 8.90. The summed E-state index contributed by atoms with van der Waals surface area (Å²) in [4.78, 5) is 15.9. The number of hydrogen-bond donors (Lipinski definition) is 2. The van der Waals surface area contributed by atoms with Gasteiger partial charge in [0, 0.05) is 12.6 Å². The Morgan fingerprint density at radius 1 is 1.37 bits per heavy atom. The predicted octanol–water partition coefficient (Wildman–Crippen LogP) is 1.60. The second-order valence-corrected chi connectivity index (χ2v) is 5.57. The first kappa shape index (κ1) is 15.5. The van der Waals surface area contributed by atoms with Crippen molar-refractivity contribution in [3.8, 4) is 0 Å². The number of guanidine groups is 1. The van der Waals surface area contributed by atoms with Gasteiger partial charge in [0.25, 0.3) is 0 Å². The monoisotopic (exact) mass is 267 g/mol. The minimum atomic E-state index is -0.465. The Kier molecular flexibility index (Phi) is 5.86. The summed E-state index contributed by atoms with van der Waals surface area (Å²) in [6.07, 6.45) is 6.29. The molecule has 0 saturated carbocycles. The molecule has 1 aliphatic carbocycles. The normalized spacial score (nSPS) is 16.5. The summed E-state index contributed by atoms with van der Waals surface area (Å²) in [7, 11) is 0. The molecule has 0 bridgehead atoms. The summed E-state index contributed by atoms with van der Waals surface area (Å²) in [6.45, 7) is 8.34. The molecule has 5 nitrogen and oxygen atoms in total. The summed E-state index contributed by atoms with van der Waals surface area (Å²) in [5.41, 5.74) is -0.465. The number of carbonyl (C=O) groups is 1. The van der Waals surface area contributed by atoms with Gasteiger partial charge in [0.05, 0.1) is 0 Å². The van der Waals surface area contributed by atoms with E-state index >= 15 is 0 Å². The van der Waals surface area contributed by atoms with E-state index in [1.54, 1.807) is 0 Å². The first-order valence-corrected chi connectivity index (χ1v) is 6.82. The standard InChI is InChI=1S/C14H25N3O2/c1-5-15-13(17-11-8-6-7-9-11)16-10-12(18)19-14(2,3)4/h6-7,11H,5,8-10H2,1-4H3,(H2,15,16,17). The molecule has 108 valence electrons. The molecule has 0 radical (unpaired) electrons. The zero-order valence-corrected chi connectivity index (χ0v) is 12.3. The van der Waals surface area contributed by atoms with Crippen molar-refractivity contribution in [3.05, 3.63) is 12.2 Å². The topological polar surface area (TPSA) is 62.7 Å². The maximum absolute atomic E-state index is 11.6. The van der Waals surface area contributed by atoms with E-state index < -0.39 is 5.60 Å². The van der Waals surface area contributed by atoms with Crippen molar-refractivity contribution in [2.24, 2.45) is 4.99 Å². The first-order valence-electron chi connectivity index (χ1n) is 6.82. The average Bonchev–Trinajstić information content (AvgIpc) is 2.76. The van der Waals surface area contributed by atoms with E-state index in [1.165, 1.54) is 0 Å². The van der Waals surface area contributed by atoms with Gasteiger partial charge in [-0.25, -0.2) is 4.99 Å². The molecule has 0 aliphatic heterocycles. The van der Waals surface area contributed by atoms with Crippen LogP contribution in [0.2, 0.25) is 0 Å². The number of nitrogens with zero attached hydrogens (tertiary/aromatic N) is 1. The maximum atomic E-state index is 11.6. The molecule has 0 aromatic carbocycles. The van der Waals surface area contributed by atoms with E-state index in [4.69, 9.17) is 4.74 Å². The zero-order valence-electron chi connectivity index (χ0n) is 12.3. The number of ether oxygens (including phenoxy) is 1. The second-order valence-electron chi connectivity index (χ2n) is 5.57. The van der Waals surface area contributed by atoms with Crippen LogP contribution in [0.15, 0.2) is 17.1 Å². The van der Waals surface area contributed by atoms with E-state index in [2.05, 4.69) is 27.8 Å². The molecule has 19 heavy (non-hydrogen) atoms. The fourth-order valence-electron chi connectivity index (χ4n) is 1.77.